The number of nitrogens with one attached hydrogen (secondary N) is 1. The van der Waals surface area contributed by atoms with Gasteiger partial charge in [0.25, 0.3) is 0 Å². The van der Waals surface area contributed by atoms with E-state index >= 15 is 0 Å². The van der Waals surface area contributed by atoms with Crippen molar-refractivity contribution in [2.45, 2.75) is 52.4 Å². The zero-order chi connectivity index (χ0) is 13.9. The third-order valence-corrected chi connectivity index (χ3v) is 3.21. The van der Waals surface area contributed by atoms with Crippen LogP contribution in [0.25, 0.3) is 0 Å². The number of para-hydroxylation sites is 1. The molecule has 0 saturated heterocycles. The maximum absolute atomic E-state index is 6.06. The lowest BCUT2D eigenvalue weighted by atomic mass is 10.1. The molecule has 1 aromatic carbocycles. The normalized spacial score (nSPS) is 10.4. The van der Waals surface area contributed by atoms with Gasteiger partial charge in [0.15, 0.2) is 0 Å². The van der Waals surface area contributed by atoms with E-state index < -0.39 is 0 Å². The minimum atomic E-state index is 0.644. The number of ether oxygens (including phenoxy) is 1. The Morgan fingerprint density at radius 1 is 1.05 bits per heavy atom. The molecule has 19 heavy (non-hydrogen) atoms. The van der Waals surface area contributed by atoms with Crippen LogP contribution in [0.3, 0.4) is 0 Å². The summed E-state index contributed by atoms with van der Waals surface area (Å²) in [5.74, 6) is 0.774. The van der Waals surface area contributed by atoms with E-state index in [1.807, 2.05) is 25.1 Å². The summed E-state index contributed by atoms with van der Waals surface area (Å²) in [5, 5.41) is 3.40. The number of hydrogen-bond donors (Lipinski definition) is 2. The Morgan fingerprint density at radius 2 is 1.79 bits per heavy atom. The van der Waals surface area contributed by atoms with Crippen molar-refractivity contribution in [3.05, 3.63) is 18.2 Å². The van der Waals surface area contributed by atoms with Gasteiger partial charge < -0.3 is 15.8 Å². The SMILES string of the molecule is CCCCCCCCNc1cccc(OCC)c1N. The monoisotopic (exact) mass is 264 g/mol. The Labute approximate surface area is 117 Å². The maximum atomic E-state index is 6.06. The molecule has 0 amide bonds. The van der Waals surface area contributed by atoms with Gasteiger partial charge in [0.1, 0.15) is 5.75 Å². The molecule has 3 N–H and O–H groups in total. The summed E-state index contributed by atoms with van der Waals surface area (Å²) in [6, 6.07) is 5.90. The van der Waals surface area contributed by atoms with Crippen LogP contribution in [-0.4, -0.2) is 13.2 Å². The minimum absolute atomic E-state index is 0.644. The average molecular weight is 264 g/mol. The van der Waals surface area contributed by atoms with E-state index in [9.17, 15) is 0 Å². The number of benzene rings is 1. The van der Waals surface area contributed by atoms with Crippen LogP contribution in [0.5, 0.6) is 5.75 Å². The Hall–Kier alpha value is -1.38. The summed E-state index contributed by atoms with van der Waals surface area (Å²) in [6.45, 7) is 5.84. The van der Waals surface area contributed by atoms with Gasteiger partial charge in [-0.1, -0.05) is 45.1 Å². The lowest BCUT2D eigenvalue weighted by Gasteiger charge is -2.13. The summed E-state index contributed by atoms with van der Waals surface area (Å²) in [7, 11) is 0. The number of rotatable bonds is 10. The second-order valence-electron chi connectivity index (χ2n) is 4.84. The predicted octanol–water partition coefficient (Wildman–Crippen LogP) is 4.44. The molecule has 108 valence electrons. The number of hydrogen-bond acceptors (Lipinski definition) is 3. The van der Waals surface area contributed by atoms with Crippen molar-refractivity contribution in [3.8, 4) is 5.75 Å². The van der Waals surface area contributed by atoms with Crippen molar-refractivity contribution in [1.29, 1.82) is 0 Å². The summed E-state index contributed by atoms with van der Waals surface area (Å²) in [6.07, 6.45) is 7.85. The molecule has 1 aromatic rings. The second kappa shape index (κ2) is 9.54. The van der Waals surface area contributed by atoms with E-state index in [2.05, 4.69) is 12.2 Å². The van der Waals surface area contributed by atoms with Gasteiger partial charge in [-0.15, -0.1) is 0 Å². The van der Waals surface area contributed by atoms with Gasteiger partial charge >= 0.3 is 0 Å². The fourth-order valence-corrected chi connectivity index (χ4v) is 2.11. The lowest BCUT2D eigenvalue weighted by Crippen LogP contribution is -2.06. The standard InChI is InChI=1S/C16H28N2O/c1-3-5-6-7-8-9-13-18-14-11-10-12-15(16(14)17)19-4-2/h10-12,18H,3-9,13,17H2,1-2H3. The Balaban J connectivity index is 2.27. The highest BCUT2D eigenvalue weighted by atomic mass is 16.5. The zero-order valence-corrected chi connectivity index (χ0v) is 12.4. The van der Waals surface area contributed by atoms with Crippen LogP contribution >= 0.6 is 0 Å². The molecule has 0 fully saturated rings. The van der Waals surface area contributed by atoms with Crippen molar-refractivity contribution < 1.29 is 4.74 Å². The molecule has 0 bridgehead atoms. The molecule has 0 atom stereocenters. The van der Waals surface area contributed by atoms with Gasteiger partial charge in [0.05, 0.1) is 18.0 Å². The van der Waals surface area contributed by atoms with E-state index in [-0.39, 0.29) is 0 Å². The largest absolute Gasteiger partial charge is 0.492 e. The Morgan fingerprint density at radius 3 is 2.53 bits per heavy atom. The zero-order valence-electron chi connectivity index (χ0n) is 12.4. The first kappa shape index (κ1) is 15.7. The number of anilines is 2. The fraction of sp³-hybridized carbons (Fsp3) is 0.625. The van der Waals surface area contributed by atoms with E-state index in [0.717, 1.165) is 23.7 Å². The number of unbranched alkanes of at least 4 members (excludes halogenated alkanes) is 5. The number of nitrogen functional groups attached to an aromatic ring is 1. The third-order valence-electron chi connectivity index (χ3n) is 3.21. The molecule has 3 heteroatoms. The number of nitrogens with two attached hydrogens (primary N) is 1. The Kier molecular flexibility index (Phi) is 7.87. The average Bonchev–Trinajstić information content (AvgIpc) is 2.42. The van der Waals surface area contributed by atoms with Gasteiger partial charge in [0, 0.05) is 6.54 Å². The van der Waals surface area contributed by atoms with Crippen molar-refractivity contribution >= 4 is 11.4 Å². The molecular formula is C16H28N2O. The molecular weight excluding hydrogens is 236 g/mol. The molecule has 0 unspecified atom stereocenters. The quantitative estimate of drug-likeness (QED) is 0.485. The lowest BCUT2D eigenvalue weighted by molar-refractivity contribution is 0.342. The van der Waals surface area contributed by atoms with Crippen LogP contribution in [0.4, 0.5) is 11.4 Å². The van der Waals surface area contributed by atoms with Crippen LogP contribution in [0.15, 0.2) is 18.2 Å². The molecule has 0 aliphatic carbocycles. The first-order valence-corrected chi connectivity index (χ1v) is 7.54. The van der Waals surface area contributed by atoms with Gasteiger partial charge in [-0.3, -0.25) is 0 Å². The third kappa shape index (κ3) is 5.86. The molecule has 0 heterocycles. The fourth-order valence-electron chi connectivity index (χ4n) is 2.11. The van der Waals surface area contributed by atoms with Gasteiger partial charge in [-0.2, -0.15) is 0 Å². The van der Waals surface area contributed by atoms with Crippen LogP contribution in [0.1, 0.15) is 52.4 Å². The van der Waals surface area contributed by atoms with Crippen LogP contribution in [-0.2, 0) is 0 Å². The van der Waals surface area contributed by atoms with E-state index in [0.29, 0.717) is 6.61 Å². The highest BCUT2D eigenvalue weighted by molar-refractivity contribution is 5.72. The van der Waals surface area contributed by atoms with E-state index in [4.69, 9.17) is 10.5 Å². The molecule has 0 spiro atoms. The molecule has 0 aromatic heterocycles. The van der Waals surface area contributed by atoms with Crippen LogP contribution in [0.2, 0.25) is 0 Å². The molecule has 0 aliphatic heterocycles. The second-order valence-corrected chi connectivity index (χ2v) is 4.84. The van der Waals surface area contributed by atoms with Crippen molar-refractivity contribution in [1.82, 2.24) is 0 Å². The summed E-state index contributed by atoms with van der Waals surface area (Å²) < 4.78 is 5.48. The summed E-state index contributed by atoms with van der Waals surface area (Å²) in [5.41, 5.74) is 7.77. The first-order chi connectivity index (χ1) is 9.29. The summed E-state index contributed by atoms with van der Waals surface area (Å²) in [4.78, 5) is 0. The van der Waals surface area contributed by atoms with Crippen molar-refractivity contribution in [3.63, 3.8) is 0 Å². The van der Waals surface area contributed by atoms with Crippen molar-refractivity contribution in [2.75, 3.05) is 24.2 Å². The first-order valence-electron chi connectivity index (χ1n) is 7.54. The Bertz CT molecular complexity index is 353. The minimum Gasteiger partial charge on any atom is -0.492 e. The van der Waals surface area contributed by atoms with Crippen LogP contribution < -0.4 is 15.8 Å². The van der Waals surface area contributed by atoms with Crippen LogP contribution in [0, 0.1) is 0 Å². The summed E-state index contributed by atoms with van der Waals surface area (Å²) >= 11 is 0. The topological polar surface area (TPSA) is 47.3 Å². The van der Waals surface area contributed by atoms with E-state index in [1.54, 1.807) is 0 Å². The van der Waals surface area contributed by atoms with Gasteiger partial charge in [-0.05, 0) is 25.5 Å². The highest BCUT2D eigenvalue weighted by Crippen LogP contribution is 2.29. The molecule has 0 aliphatic rings. The molecule has 1 rings (SSSR count). The van der Waals surface area contributed by atoms with Gasteiger partial charge in [-0.25, -0.2) is 0 Å². The van der Waals surface area contributed by atoms with Crippen molar-refractivity contribution in [2.24, 2.45) is 0 Å². The van der Waals surface area contributed by atoms with E-state index in [1.165, 1.54) is 38.5 Å². The maximum Gasteiger partial charge on any atom is 0.144 e. The molecule has 3 nitrogen and oxygen atoms in total. The predicted molar refractivity (Wildman–Crippen MR) is 83.9 cm³/mol. The van der Waals surface area contributed by atoms with Gasteiger partial charge in [0.2, 0.25) is 0 Å². The smallest absolute Gasteiger partial charge is 0.144 e. The molecule has 0 saturated carbocycles. The highest BCUT2D eigenvalue weighted by Gasteiger charge is 2.04. The molecule has 0 radical (unpaired) electrons.